The summed E-state index contributed by atoms with van der Waals surface area (Å²) in [4.78, 5) is 2.65. The molecule has 0 bridgehead atoms. The van der Waals surface area contributed by atoms with E-state index in [1.54, 1.807) is 0 Å². The SMILES string of the molecule is CCN1CCC(N)C12CCC(C)(C)CC2. The van der Waals surface area contributed by atoms with Crippen LogP contribution in [-0.4, -0.2) is 29.6 Å². The summed E-state index contributed by atoms with van der Waals surface area (Å²) in [6.45, 7) is 9.47. The zero-order valence-corrected chi connectivity index (χ0v) is 10.6. The summed E-state index contributed by atoms with van der Waals surface area (Å²) in [7, 11) is 0. The number of nitrogens with two attached hydrogens (primary N) is 1. The number of likely N-dealkylation sites (N-methyl/N-ethyl adjacent to an activating group) is 1. The molecule has 1 aliphatic heterocycles. The van der Waals surface area contributed by atoms with Crippen LogP contribution in [0.3, 0.4) is 0 Å². The number of nitrogens with zero attached hydrogens (tertiary/aromatic N) is 1. The molecule has 1 aliphatic carbocycles. The van der Waals surface area contributed by atoms with Crippen molar-refractivity contribution in [3.8, 4) is 0 Å². The molecule has 15 heavy (non-hydrogen) atoms. The standard InChI is InChI=1S/C13H26N2/c1-4-15-10-5-11(14)13(15)8-6-12(2,3)7-9-13/h11H,4-10,14H2,1-3H3. The quantitative estimate of drug-likeness (QED) is 0.720. The van der Waals surface area contributed by atoms with Gasteiger partial charge in [-0.1, -0.05) is 20.8 Å². The van der Waals surface area contributed by atoms with E-state index < -0.39 is 0 Å². The molecule has 1 atom stereocenters. The lowest BCUT2D eigenvalue weighted by molar-refractivity contribution is 0.0435. The lowest BCUT2D eigenvalue weighted by Gasteiger charge is -2.48. The van der Waals surface area contributed by atoms with Gasteiger partial charge in [0.2, 0.25) is 0 Å². The van der Waals surface area contributed by atoms with Gasteiger partial charge in [-0.25, -0.2) is 0 Å². The Hall–Kier alpha value is -0.0800. The molecule has 1 saturated carbocycles. The molecule has 0 amide bonds. The van der Waals surface area contributed by atoms with Crippen molar-refractivity contribution < 1.29 is 0 Å². The fourth-order valence-electron chi connectivity index (χ4n) is 3.54. The highest BCUT2D eigenvalue weighted by Gasteiger charge is 2.49. The van der Waals surface area contributed by atoms with Crippen molar-refractivity contribution in [1.82, 2.24) is 4.90 Å². The van der Waals surface area contributed by atoms with Crippen LogP contribution in [0.4, 0.5) is 0 Å². The van der Waals surface area contributed by atoms with Crippen LogP contribution in [0.5, 0.6) is 0 Å². The van der Waals surface area contributed by atoms with E-state index in [1.165, 1.54) is 45.2 Å². The van der Waals surface area contributed by atoms with Crippen LogP contribution in [0, 0.1) is 5.41 Å². The molecule has 1 unspecified atom stereocenters. The van der Waals surface area contributed by atoms with E-state index in [1.807, 2.05) is 0 Å². The summed E-state index contributed by atoms with van der Waals surface area (Å²) in [6, 6.07) is 0.425. The second-order valence-electron chi connectivity index (χ2n) is 6.24. The Kier molecular flexibility index (Phi) is 2.85. The van der Waals surface area contributed by atoms with Gasteiger partial charge in [0.25, 0.3) is 0 Å². The molecule has 2 fully saturated rings. The molecule has 1 saturated heterocycles. The first-order chi connectivity index (χ1) is 7.00. The smallest absolute Gasteiger partial charge is 0.0361 e. The van der Waals surface area contributed by atoms with Crippen molar-refractivity contribution in [3.05, 3.63) is 0 Å². The summed E-state index contributed by atoms with van der Waals surface area (Å²) in [5.41, 5.74) is 7.27. The minimum atomic E-state index is 0.365. The van der Waals surface area contributed by atoms with Crippen molar-refractivity contribution >= 4 is 0 Å². The minimum absolute atomic E-state index is 0.365. The molecule has 88 valence electrons. The Morgan fingerprint density at radius 3 is 2.33 bits per heavy atom. The van der Waals surface area contributed by atoms with E-state index in [2.05, 4.69) is 25.7 Å². The number of hydrogen-bond donors (Lipinski definition) is 1. The van der Waals surface area contributed by atoms with Crippen LogP contribution in [-0.2, 0) is 0 Å². The Bertz CT molecular complexity index is 225. The van der Waals surface area contributed by atoms with Crippen LogP contribution in [0.1, 0.15) is 52.9 Å². The predicted molar refractivity (Wildman–Crippen MR) is 64.8 cm³/mol. The lowest BCUT2D eigenvalue weighted by Crippen LogP contribution is -2.56. The predicted octanol–water partition coefficient (Wildman–Crippen LogP) is 2.38. The van der Waals surface area contributed by atoms with Crippen molar-refractivity contribution in [3.63, 3.8) is 0 Å². The number of hydrogen-bond acceptors (Lipinski definition) is 2. The van der Waals surface area contributed by atoms with Gasteiger partial charge in [0.15, 0.2) is 0 Å². The van der Waals surface area contributed by atoms with E-state index in [-0.39, 0.29) is 0 Å². The van der Waals surface area contributed by atoms with Gasteiger partial charge >= 0.3 is 0 Å². The summed E-state index contributed by atoms with van der Waals surface area (Å²) in [6.07, 6.45) is 6.52. The molecule has 2 aliphatic rings. The lowest BCUT2D eigenvalue weighted by atomic mass is 9.67. The van der Waals surface area contributed by atoms with Gasteiger partial charge < -0.3 is 5.73 Å². The van der Waals surface area contributed by atoms with Crippen molar-refractivity contribution in [2.24, 2.45) is 11.1 Å². The summed E-state index contributed by atoms with van der Waals surface area (Å²) >= 11 is 0. The molecule has 2 heteroatoms. The zero-order valence-electron chi connectivity index (χ0n) is 10.6. The Balaban J connectivity index is 2.12. The molecule has 0 aromatic heterocycles. The zero-order chi connectivity index (χ0) is 11.1. The van der Waals surface area contributed by atoms with Crippen molar-refractivity contribution in [1.29, 1.82) is 0 Å². The fraction of sp³-hybridized carbons (Fsp3) is 1.00. The molecule has 1 heterocycles. The fourth-order valence-corrected chi connectivity index (χ4v) is 3.54. The molecule has 0 radical (unpaired) electrons. The number of likely N-dealkylation sites (tertiary alicyclic amines) is 1. The maximum atomic E-state index is 6.36. The maximum absolute atomic E-state index is 6.36. The van der Waals surface area contributed by atoms with Crippen LogP contribution >= 0.6 is 0 Å². The van der Waals surface area contributed by atoms with Crippen molar-refractivity contribution in [2.75, 3.05) is 13.1 Å². The Morgan fingerprint density at radius 1 is 1.20 bits per heavy atom. The Morgan fingerprint density at radius 2 is 1.80 bits per heavy atom. The molecule has 2 nitrogen and oxygen atoms in total. The van der Waals surface area contributed by atoms with E-state index in [0.29, 0.717) is 17.0 Å². The highest BCUT2D eigenvalue weighted by atomic mass is 15.2. The average Bonchev–Trinajstić information content (AvgIpc) is 2.50. The van der Waals surface area contributed by atoms with Crippen LogP contribution < -0.4 is 5.73 Å². The second-order valence-corrected chi connectivity index (χ2v) is 6.24. The summed E-state index contributed by atoms with van der Waals surface area (Å²) in [5.74, 6) is 0. The summed E-state index contributed by atoms with van der Waals surface area (Å²) in [5, 5.41) is 0. The van der Waals surface area contributed by atoms with Gasteiger partial charge in [0.05, 0.1) is 0 Å². The third-order valence-corrected chi connectivity index (χ3v) is 4.88. The second kappa shape index (κ2) is 3.74. The molecular weight excluding hydrogens is 184 g/mol. The van der Waals surface area contributed by atoms with Crippen molar-refractivity contribution in [2.45, 2.75) is 64.5 Å². The average molecular weight is 210 g/mol. The highest BCUT2D eigenvalue weighted by molar-refractivity contribution is 5.07. The van der Waals surface area contributed by atoms with Gasteiger partial charge in [-0.2, -0.15) is 0 Å². The van der Waals surface area contributed by atoms with Gasteiger partial charge in [0.1, 0.15) is 0 Å². The van der Waals surface area contributed by atoms with Gasteiger partial charge in [-0.05, 0) is 44.1 Å². The molecule has 1 spiro atoms. The molecule has 0 aromatic rings. The largest absolute Gasteiger partial charge is 0.326 e. The van der Waals surface area contributed by atoms with Gasteiger partial charge in [-0.15, -0.1) is 0 Å². The maximum Gasteiger partial charge on any atom is 0.0361 e. The van der Waals surface area contributed by atoms with E-state index >= 15 is 0 Å². The molecular formula is C13H26N2. The molecule has 2 N–H and O–H groups in total. The third-order valence-electron chi connectivity index (χ3n) is 4.88. The topological polar surface area (TPSA) is 29.3 Å². The number of rotatable bonds is 1. The minimum Gasteiger partial charge on any atom is -0.326 e. The molecule has 0 aromatic carbocycles. The van der Waals surface area contributed by atoms with E-state index in [9.17, 15) is 0 Å². The highest BCUT2D eigenvalue weighted by Crippen LogP contribution is 2.47. The van der Waals surface area contributed by atoms with Gasteiger partial charge in [-0.3, -0.25) is 4.90 Å². The third kappa shape index (κ3) is 1.83. The monoisotopic (exact) mass is 210 g/mol. The van der Waals surface area contributed by atoms with Crippen LogP contribution in [0.25, 0.3) is 0 Å². The molecule has 2 rings (SSSR count). The van der Waals surface area contributed by atoms with Crippen LogP contribution in [0.2, 0.25) is 0 Å². The Labute approximate surface area is 94.2 Å². The van der Waals surface area contributed by atoms with Crippen LogP contribution in [0.15, 0.2) is 0 Å². The summed E-state index contributed by atoms with van der Waals surface area (Å²) < 4.78 is 0. The first-order valence-corrected chi connectivity index (χ1v) is 6.51. The first kappa shape index (κ1) is 11.4. The first-order valence-electron chi connectivity index (χ1n) is 6.51. The normalized spacial score (nSPS) is 34.8. The van der Waals surface area contributed by atoms with E-state index in [4.69, 9.17) is 5.73 Å². The van der Waals surface area contributed by atoms with E-state index in [0.717, 1.165) is 0 Å². The van der Waals surface area contributed by atoms with Gasteiger partial charge in [0, 0.05) is 18.1 Å².